The van der Waals surface area contributed by atoms with Crippen LogP contribution in [0.3, 0.4) is 0 Å². The van der Waals surface area contributed by atoms with Crippen LogP contribution >= 0.6 is 0 Å². The maximum absolute atomic E-state index is 13.4. The van der Waals surface area contributed by atoms with Crippen LogP contribution < -0.4 is 0 Å². The summed E-state index contributed by atoms with van der Waals surface area (Å²) in [6.45, 7) is 5.99. The lowest BCUT2D eigenvalue weighted by molar-refractivity contribution is 0.0424. The molecular weight excluding hydrogens is 281 g/mol. The van der Waals surface area contributed by atoms with E-state index in [-0.39, 0.29) is 18.5 Å². The highest BCUT2D eigenvalue weighted by Crippen LogP contribution is 2.26. The summed E-state index contributed by atoms with van der Waals surface area (Å²) < 4.78 is 15.6. The number of aromatic nitrogens is 2. The molecule has 120 valence electrons. The number of halogens is 1. The van der Waals surface area contributed by atoms with E-state index < -0.39 is 0 Å². The second-order valence-corrected chi connectivity index (χ2v) is 6.19. The average Bonchev–Trinajstić information content (AvgIpc) is 2.85. The molecule has 1 aliphatic rings. The fourth-order valence-corrected chi connectivity index (χ4v) is 3.61. The zero-order valence-corrected chi connectivity index (χ0v) is 13.3. The van der Waals surface area contributed by atoms with E-state index in [0.29, 0.717) is 18.1 Å². The summed E-state index contributed by atoms with van der Waals surface area (Å²) in [4.78, 5) is 6.98. The van der Waals surface area contributed by atoms with E-state index in [1.165, 1.54) is 12.1 Å². The summed E-state index contributed by atoms with van der Waals surface area (Å²) >= 11 is 0. The van der Waals surface area contributed by atoms with Gasteiger partial charge in [0.2, 0.25) is 0 Å². The smallest absolute Gasteiger partial charge is 0.125 e. The molecule has 0 spiro atoms. The van der Waals surface area contributed by atoms with Crippen molar-refractivity contribution in [1.82, 2.24) is 14.5 Å². The third-order valence-corrected chi connectivity index (χ3v) is 4.83. The first-order valence-electron chi connectivity index (χ1n) is 8.15. The van der Waals surface area contributed by atoms with Gasteiger partial charge in [0.15, 0.2) is 0 Å². The highest BCUT2D eigenvalue weighted by molar-refractivity contribution is 5.76. The number of aliphatic hydroxyl groups excluding tert-OH is 1. The molecule has 1 aromatic heterocycles. The number of rotatable bonds is 4. The van der Waals surface area contributed by atoms with Crippen molar-refractivity contribution in [2.24, 2.45) is 0 Å². The van der Waals surface area contributed by atoms with Gasteiger partial charge < -0.3 is 9.67 Å². The number of fused-ring (bicyclic) bond motifs is 1. The van der Waals surface area contributed by atoms with Gasteiger partial charge >= 0.3 is 0 Å². The highest BCUT2D eigenvalue weighted by atomic mass is 19.1. The number of piperidine rings is 1. The van der Waals surface area contributed by atoms with Gasteiger partial charge in [-0.05, 0) is 38.8 Å². The van der Waals surface area contributed by atoms with E-state index in [2.05, 4.69) is 28.3 Å². The molecule has 1 fully saturated rings. The summed E-state index contributed by atoms with van der Waals surface area (Å²) in [5.74, 6) is 0.703. The Morgan fingerprint density at radius 1 is 1.36 bits per heavy atom. The van der Waals surface area contributed by atoms with E-state index in [1.54, 1.807) is 6.07 Å². The van der Waals surface area contributed by atoms with Crippen molar-refractivity contribution in [2.45, 2.75) is 58.3 Å². The van der Waals surface area contributed by atoms with Crippen LogP contribution in [0.5, 0.6) is 0 Å². The minimum Gasteiger partial charge on any atom is -0.395 e. The maximum Gasteiger partial charge on any atom is 0.125 e. The van der Waals surface area contributed by atoms with Gasteiger partial charge in [-0.1, -0.05) is 6.42 Å². The lowest BCUT2D eigenvalue weighted by atomic mass is 9.97. The number of hydrogen-bond donors (Lipinski definition) is 1. The minimum atomic E-state index is -0.251. The number of hydrogen-bond acceptors (Lipinski definition) is 3. The summed E-state index contributed by atoms with van der Waals surface area (Å²) in [6, 6.07) is 5.42. The molecule has 1 aromatic carbocycles. The molecule has 1 aliphatic heterocycles. The van der Waals surface area contributed by atoms with Crippen LogP contribution in [0.4, 0.5) is 4.39 Å². The van der Waals surface area contributed by atoms with Crippen LogP contribution in [0.25, 0.3) is 11.0 Å². The summed E-state index contributed by atoms with van der Waals surface area (Å²) in [5, 5.41) is 9.64. The predicted octanol–water partition coefficient (Wildman–Crippen LogP) is 2.93. The van der Waals surface area contributed by atoms with Gasteiger partial charge in [-0.2, -0.15) is 0 Å². The number of aliphatic hydroxyl groups is 1. The van der Waals surface area contributed by atoms with Gasteiger partial charge in [-0.25, -0.2) is 9.37 Å². The molecule has 2 unspecified atom stereocenters. The Morgan fingerprint density at radius 3 is 2.91 bits per heavy atom. The minimum absolute atomic E-state index is 0.186. The van der Waals surface area contributed by atoms with E-state index in [1.807, 2.05) is 0 Å². The molecule has 1 N–H and O–H groups in total. The zero-order valence-electron chi connectivity index (χ0n) is 13.3. The van der Waals surface area contributed by atoms with Crippen LogP contribution in [0.15, 0.2) is 18.2 Å². The molecule has 0 saturated carbocycles. The lowest BCUT2D eigenvalue weighted by Crippen LogP contribution is -2.46. The van der Waals surface area contributed by atoms with Crippen molar-refractivity contribution < 1.29 is 9.50 Å². The van der Waals surface area contributed by atoms with E-state index in [9.17, 15) is 9.50 Å². The van der Waals surface area contributed by atoms with Crippen molar-refractivity contribution in [1.29, 1.82) is 0 Å². The Hall–Kier alpha value is -1.46. The first kappa shape index (κ1) is 15.4. The molecule has 2 heterocycles. The summed E-state index contributed by atoms with van der Waals surface area (Å²) in [6.07, 6.45) is 3.34. The molecule has 0 amide bonds. The van der Waals surface area contributed by atoms with Crippen LogP contribution in [0.2, 0.25) is 0 Å². The number of nitrogens with zero attached hydrogens (tertiary/aromatic N) is 3. The van der Waals surface area contributed by atoms with Crippen LogP contribution in [0.1, 0.15) is 38.9 Å². The van der Waals surface area contributed by atoms with Crippen molar-refractivity contribution in [3.63, 3.8) is 0 Å². The molecule has 22 heavy (non-hydrogen) atoms. The molecule has 2 aromatic rings. The number of benzene rings is 1. The molecule has 0 radical (unpaired) electrons. The van der Waals surface area contributed by atoms with Gasteiger partial charge in [0.25, 0.3) is 0 Å². The van der Waals surface area contributed by atoms with Crippen molar-refractivity contribution in [2.75, 3.05) is 6.61 Å². The van der Waals surface area contributed by atoms with Gasteiger partial charge in [-0.15, -0.1) is 0 Å². The number of likely N-dealkylation sites (tertiary alicyclic amines) is 1. The fraction of sp³-hybridized carbons (Fsp3) is 0.588. The third kappa shape index (κ3) is 2.75. The standard InChI is InChI=1S/C17H24FN3O/c1-3-20-16-8-7-13(18)9-15(16)19-17(20)10-21-12(2)5-4-6-14(21)11-22/h7-9,12,14,22H,3-6,10-11H2,1-2H3. The van der Waals surface area contributed by atoms with E-state index in [0.717, 1.165) is 37.1 Å². The fourth-order valence-electron chi connectivity index (χ4n) is 3.61. The van der Waals surface area contributed by atoms with E-state index in [4.69, 9.17) is 0 Å². The molecule has 0 bridgehead atoms. The first-order chi connectivity index (χ1) is 10.6. The summed E-state index contributed by atoms with van der Waals surface area (Å²) in [7, 11) is 0. The molecule has 2 atom stereocenters. The Morgan fingerprint density at radius 2 is 2.18 bits per heavy atom. The second-order valence-electron chi connectivity index (χ2n) is 6.19. The Bertz CT molecular complexity index is 655. The van der Waals surface area contributed by atoms with Gasteiger partial charge in [-0.3, -0.25) is 4.90 Å². The molecular formula is C17H24FN3O. The van der Waals surface area contributed by atoms with Crippen LogP contribution in [0, 0.1) is 5.82 Å². The molecule has 3 rings (SSSR count). The topological polar surface area (TPSA) is 41.3 Å². The monoisotopic (exact) mass is 305 g/mol. The van der Waals surface area contributed by atoms with Crippen LogP contribution in [-0.2, 0) is 13.1 Å². The molecule has 4 nitrogen and oxygen atoms in total. The van der Waals surface area contributed by atoms with E-state index >= 15 is 0 Å². The van der Waals surface area contributed by atoms with Gasteiger partial charge in [0.1, 0.15) is 11.6 Å². The van der Waals surface area contributed by atoms with Crippen molar-refractivity contribution in [3.8, 4) is 0 Å². The zero-order chi connectivity index (χ0) is 15.7. The average molecular weight is 305 g/mol. The highest BCUT2D eigenvalue weighted by Gasteiger charge is 2.28. The third-order valence-electron chi connectivity index (χ3n) is 4.83. The molecule has 0 aliphatic carbocycles. The maximum atomic E-state index is 13.4. The Balaban J connectivity index is 1.95. The summed E-state index contributed by atoms with van der Waals surface area (Å²) in [5.41, 5.74) is 1.69. The Labute approximate surface area is 130 Å². The Kier molecular flexibility index (Phi) is 4.45. The quantitative estimate of drug-likeness (QED) is 0.944. The first-order valence-corrected chi connectivity index (χ1v) is 8.15. The van der Waals surface area contributed by atoms with Gasteiger partial charge in [0.05, 0.1) is 24.2 Å². The molecule has 1 saturated heterocycles. The van der Waals surface area contributed by atoms with Crippen molar-refractivity contribution in [3.05, 3.63) is 29.8 Å². The normalized spacial score (nSPS) is 23.3. The second kappa shape index (κ2) is 6.34. The largest absolute Gasteiger partial charge is 0.395 e. The number of imidazole rings is 1. The van der Waals surface area contributed by atoms with Crippen LogP contribution in [-0.4, -0.2) is 38.2 Å². The predicted molar refractivity (Wildman–Crippen MR) is 85.1 cm³/mol. The molecule has 5 heteroatoms. The number of aryl methyl sites for hydroxylation is 1. The lowest BCUT2D eigenvalue weighted by Gasteiger charge is -2.39. The van der Waals surface area contributed by atoms with Gasteiger partial charge in [0, 0.05) is 24.7 Å². The van der Waals surface area contributed by atoms with Crippen molar-refractivity contribution >= 4 is 11.0 Å². The SMILES string of the molecule is CCn1c(CN2C(C)CCCC2CO)nc2cc(F)ccc21.